The van der Waals surface area contributed by atoms with Crippen molar-refractivity contribution in [2.75, 3.05) is 13.2 Å². The molecule has 0 N–H and O–H groups in total. The van der Waals surface area contributed by atoms with Crippen LogP contribution in [0.5, 0.6) is 0 Å². The Kier molecular flexibility index (Phi) is 4.45. The van der Waals surface area contributed by atoms with E-state index in [2.05, 4.69) is 6.92 Å². The van der Waals surface area contributed by atoms with Gasteiger partial charge in [-0.25, -0.2) is 0 Å². The van der Waals surface area contributed by atoms with E-state index < -0.39 is 0 Å². The molecule has 0 radical (unpaired) electrons. The fourth-order valence-corrected chi connectivity index (χ4v) is 2.17. The van der Waals surface area contributed by atoms with Crippen molar-refractivity contribution in [3.05, 3.63) is 0 Å². The molecule has 0 amide bonds. The van der Waals surface area contributed by atoms with Gasteiger partial charge in [0.05, 0.1) is 25.4 Å². The molecule has 2 aliphatic heterocycles. The molecule has 2 rings (SSSR count). The van der Waals surface area contributed by atoms with Crippen LogP contribution in [0.25, 0.3) is 0 Å². The third kappa shape index (κ3) is 4.98. The first-order valence-corrected chi connectivity index (χ1v) is 6.59. The first kappa shape index (κ1) is 11.4. The Hall–Kier alpha value is -0.0800. The highest BCUT2D eigenvalue weighted by Gasteiger charge is 2.28. The van der Waals surface area contributed by atoms with Gasteiger partial charge in [-0.15, -0.1) is 0 Å². The topological polar surface area (TPSA) is 25.1 Å². The summed E-state index contributed by atoms with van der Waals surface area (Å²) >= 11 is 0. The molecule has 0 aliphatic carbocycles. The van der Waals surface area contributed by atoms with Crippen molar-refractivity contribution in [3.8, 4) is 0 Å². The molecule has 3 atom stereocenters. The molecule has 2 heteroatoms. The average Bonchev–Trinajstić information content (AvgIpc) is 3.07. The number of rotatable bonds is 9. The van der Waals surface area contributed by atoms with Crippen LogP contribution in [0.15, 0.2) is 0 Å². The molecule has 0 aromatic heterocycles. The van der Waals surface area contributed by atoms with Gasteiger partial charge in [-0.1, -0.05) is 39.0 Å². The van der Waals surface area contributed by atoms with Crippen LogP contribution in [0.4, 0.5) is 0 Å². The van der Waals surface area contributed by atoms with Gasteiger partial charge in [0.15, 0.2) is 0 Å². The molecular weight excluding hydrogens is 188 g/mol. The Morgan fingerprint density at radius 3 is 2.33 bits per heavy atom. The minimum absolute atomic E-state index is 0.608. The Bertz CT molecular complexity index is 173. The first-order valence-electron chi connectivity index (χ1n) is 6.59. The van der Waals surface area contributed by atoms with Crippen molar-refractivity contribution in [2.24, 2.45) is 5.92 Å². The zero-order chi connectivity index (χ0) is 10.5. The van der Waals surface area contributed by atoms with Crippen molar-refractivity contribution in [2.45, 2.75) is 64.1 Å². The normalized spacial score (nSPS) is 30.2. The van der Waals surface area contributed by atoms with Crippen molar-refractivity contribution in [1.82, 2.24) is 0 Å². The lowest BCUT2D eigenvalue weighted by molar-refractivity contribution is 0.324. The maximum absolute atomic E-state index is 5.29. The van der Waals surface area contributed by atoms with E-state index in [4.69, 9.17) is 9.47 Å². The number of epoxide rings is 2. The number of unbranched alkanes of at least 4 members (excludes halogenated alkanes) is 4. The molecule has 0 bridgehead atoms. The van der Waals surface area contributed by atoms with Crippen LogP contribution in [-0.4, -0.2) is 25.4 Å². The fraction of sp³-hybridized carbons (Fsp3) is 1.00. The van der Waals surface area contributed by atoms with Gasteiger partial charge in [-0.05, 0) is 18.8 Å². The van der Waals surface area contributed by atoms with Gasteiger partial charge in [0.2, 0.25) is 0 Å². The van der Waals surface area contributed by atoms with Gasteiger partial charge in [0.1, 0.15) is 0 Å². The van der Waals surface area contributed by atoms with Gasteiger partial charge in [0, 0.05) is 0 Å². The van der Waals surface area contributed by atoms with Crippen molar-refractivity contribution in [1.29, 1.82) is 0 Å². The van der Waals surface area contributed by atoms with Crippen LogP contribution in [0.1, 0.15) is 51.9 Å². The third-order valence-electron chi connectivity index (χ3n) is 3.58. The second-order valence-electron chi connectivity index (χ2n) is 5.15. The smallest absolute Gasteiger partial charge is 0.0835 e. The summed E-state index contributed by atoms with van der Waals surface area (Å²) < 4.78 is 10.5. The van der Waals surface area contributed by atoms with E-state index in [0.29, 0.717) is 12.2 Å². The standard InChI is InChI=1S/C13H24O2/c1-11(13-10-15-13)7-5-3-2-4-6-8-12-9-14-12/h11-13H,2-10H2,1H3. The molecule has 2 heterocycles. The van der Waals surface area contributed by atoms with E-state index in [-0.39, 0.29) is 0 Å². The minimum atomic E-state index is 0.608. The van der Waals surface area contributed by atoms with Crippen molar-refractivity contribution < 1.29 is 9.47 Å². The largest absolute Gasteiger partial charge is 0.373 e. The van der Waals surface area contributed by atoms with Gasteiger partial charge in [0.25, 0.3) is 0 Å². The van der Waals surface area contributed by atoms with E-state index in [1.807, 2.05) is 0 Å². The minimum Gasteiger partial charge on any atom is -0.373 e. The molecule has 0 aromatic carbocycles. The quantitative estimate of drug-likeness (QED) is 0.433. The van der Waals surface area contributed by atoms with Gasteiger partial charge >= 0.3 is 0 Å². The molecule has 2 saturated heterocycles. The summed E-state index contributed by atoms with van der Waals surface area (Å²) in [5.74, 6) is 0.796. The van der Waals surface area contributed by atoms with Gasteiger partial charge < -0.3 is 9.47 Å². The lowest BCUT2D eigenvalue weighted by Crippen LogP contribution is -2.02. The third-order valence-corrected chi connectivity index (χ3v) is 3.58. The molecule has 2 fully saturated rings. The Morgan fingerprint density at radius 1 is 1.00 bits per heavy atom. The van der Waals surface area contributed by atoms with Crippen LogP contribution in [-0.2, 0) is 9.47 Å². The lowest BCUT2D eigenvalue weighted by Gasteiger charge is -2.06. The van der Waals surface area contributed by atoms with Crippen LogP contribution < -0.4 is 0 Å². The fourth-order valence-electron chi connectivity index (χ4n) is 2.17. The Labute approximate surface area is 93.3 Å². The second kappa shape index (κ2) is 5.86. The summed E-state index contributed by atoms with van der Waals surface area (Å²) in [6.45, 7) is 4.36. The summed E-state index contributed by atoms with van der Waals surface area (Å²) in [6.07, 6.45) is 10.9. The predicted molar refractivity (Wildman–Crippen MR) is 61.0 cm³/mol. The van der Waals surface area contributed by atoms with E-state index in [1.165, 1.54) is 44.9 Å². The average molecular weight is 212 g/mol. The molecule has 2 nitrogen and oxygen atoms in total. The lowest BCUT2D eigenvalue weighted by atomic mass is 9.99. The second-order valence-corrected chi connectivity index (χ2v) is 5.15. The monoisotopic (exact) mass is 212 g/mol. The van der Waals surface area contributed by atoms with E-state index in [0.717, 1.165) is 19.1 Å². The first-order chi connectivity index (χ1) is 7.36. The number of hydrogen-bond acceptors (Lipinski definition) is 2. The summed E-state index contributed by atoms with van der Waals surface area (Å²) in [6, 6.07) is 0. The summed E-state index contributed by atoms with van der Waals surface area (Å²) in [7, 11) is 0. The Balaban J connectivity index is 1.31. The molecule has 3 unspecified atom stereocenters. The highest BCUT2D eigenvalue weighted by molar-refractivity contribution is 4.75. The zero-order valence-electron chi connectivity index (χ0n) is 9.91. The van der Waals surface area contributed by atoms with Crippen LogP contribution in [0.3, 0.4) is 0 Å². The summed E-state index contributed by atoms with van der Waals surface area (Å²) in [5, 5.41) is 0. The maximum Gasteiger partial charge on any atom is 0.0835 e. The van der Waals surface area contributed by atoms with Crippen molar-refractivity contribution in [3.63, 3.8) is 0 Å². The molecule has 0 aromatic rings. The van der Waals surface area contributed by atoms with E-state index >= 15 is 0 Å². The summed E-state index contributed by atoms with van der Waals surface area (Å²) in [5.41, 5.74) is 0. The van der Waals surface area contributed by atoms with Crippen LogP contribution in [0.2, 0.25) is 0 Å². The Morgan fingerprint density at radius 2 is 1.67 bits per heavy atom. The van der Waals surface area contributed by atoms with Gasteiger partial charge in [-0.2, -0.15) is 0 Å². The maximum atomic E-state index is 5.29. The molecule has 88 valence electrons. The number of hydrogen-bond donors (Lipinski definition) is 0. The molecule has 0 saturated carbocycles. The zero-order valence-corrected chi connectivity index (χ0v) is 9.91. The molecule has 0 spiro atoms. The van der Waals surface area contributed by atoms with E-state index in [1.54, 1.807) is 0 Å². The summed E-state index contributed by atoms with van der Waals surface area (Å²) in [4.78, 5) is 0. The number of ether oxygens (including phenoxy) is 2. The predicted octanol–water partition coefficient (Wildman–Crippen LogP) is 3.15. The highest BCUT2D eigenvalue weighted by Crippen LogP contribution is 2.25. The van der Waals surface area contributed by atoms with Crippen LogP contribution >= 0.6 is 0 Å². The molecule has 2 aliphatic rings. The van der Waals surface area contributed by atoms with E-state index in [9.17, 15) is 0 Å². The van der Waals surface area contributed by atoms with Crippen molar-refractivity contribution >= 4 is 0 Å². The molecular formula is C13H24O2. The highest BCUT2D eigenvalue weighted by atomic mass is 16.6. The van der Waals surface area contributed by atoms with Crippen LogP contribution in [0, 0.1) is 5.92 Å². The SMILES string of the molecule is CC(CCCCCCCC1CO1)C1CO1. The molecule has 15 heavy (non-hydrogen) atoms. The van der Waals surface area contributed by atoms with Gasteiger partial charge in [-0.3, -0.25) is 0 Å².